The second-order valence-corrected chi connectivity index (χ2v) is 1.97. The van der Waals surface area contributed by atoms with E-state index in [2.05, 4.69) is 13.2 Å². The highest BCUT2D eigenvalue weighted by molar-refractivity contribution is 5.01. The molecule has 2 N–H and O–H groups in total. The Kier molecular flexibility index (Phi) is 4.46. The monoisotopic (exact) mass is 140 g/mol. The van der Waals surface area contributed by atoms with E-state index in [1.54, 1.807) is 12.8 Å². The minimum Gasteiger partial charge on any atom is -0.513 e. The number of allylic oxidation sites excluding steroid dienone is 2. The first kappa shape index (κ1) is 9.08. The average molecular weight is 140 g/mol. The van der Waals surface area contributed by atoms with E-state index in [1.165, 1.54) is 0 Å². The topological polar surface area (TPSA) is 40.5 Å². The molecule has 0 unspecified atom stereocenters. The normalized spacial score (nSPS) is 9.20. The van der Waals surface area contributed by atoms with Crippen molar-refractivity contribution < 1.29 is 10.2 Å². The zero-order valence-corrected chi connectivity index (χ0v) is 5.88. The number of aliphatic hydroxyl groups is 2. The van der Waals surface area contributed by atoms with Crippen molar-refractivity contribution in [3.63, 3.8) is 0 Å². The zero-order chi connectivity index (χ0) is 7.98. The van der Waals surface area contributed by atoms with Gasteiger partial charge in [-0.05, 0) is 12.8 Å². The van der Waals surface area contributed by atoms with Gasteiger partial charge in [0.2, 0.25) is 0 Å². The van der Waals surface area contributed by atoms with Crippen LogP contribution in [0.25, 0.3) is 0 Å². The summed E-state index contributed by atoms with van der Waals surface area (Å²) in [4.78, 5) is 0. The van der Waals surface area contributed by atoms with Gasteiger partial charge in [-0.2, -0.15) is 0 Å². The van der Waals surface area contributed by atoms with Crippen LogP contribution in [0.5, 0.6) is 0 Å². The van der Waals surface area contributed by atoms with E-state index in [-0.39, 0.29) is 11.5 Å². The summed E-state index contributed by atoms with van der Waals surface area (Å²) in [6, 6.07) is 0. The second-order valence-electron chi connectivity index (χ2n) is 1.97. The Hall–Kier alpha value is -0.920. The van der Waals surface area contributed by atoms with Crippen LogP contribution in [0.4, 0.5) is 0 Å². The lowest BCUT2D eigenvalue weighted by atomic mass is 10.1. The summed E-state index contributed by atoms with van der Waals surface area (Å²) < 4.78 is 0. The third-order valence-electron chi connectivity index (χ3n) is 0.927. The first-order valence-electron chi connectivity index (χ1n) is 3.05. The largest absolute Gasteiger partial charge is 0.513 e. The molecule has 0 aliphatic heterocycles. The van der Waals surface area contributed by atoms with E-state index >= 15 is 0 Å². The van der Waals surface area contributed by atoms with Crippen molar-refractivity contribution >= 4 is 0 Å². The average Bonchev–Trinajstić information content (AvgIpc) is 1.79. The lowest BCUT2D eigenvalue weighted by molar-refractivity contribution is 0.410. The van der Waals surface area contributed by atoms with Gasteiger partial charge in [-0.15, -0.1) is 0 Å². The molecule has 0 aliphatic carbocycles. The van der Waals surface area contributed by atoms with E-state index in [0.717, 1.165) is 0 Å². The van der Waals surface area contributed by atoms with Crippen LogP contribution in [0.15, 0.2) is 24.7 Å². The molecule has 0 amide bonds. The van der Waals surface area contributed by atoms with Gasteiger partial charge in [-0.1, -0.05) is 13.2 Å². The van der Waals surface area contributed by atoms with E-state index in [9.17, 15) is 0 Å². The Bertz CT molecular complexity index is 111. The molecule has 0 atom stereocenters. The first-order chi connectivity index (χ1) is 4.63. The van der Waals surface area contributed by atoms with Crippen LogP contribution in [0, 0.1) is 12.8 Å². The summed E-state index contributed by atoms with van der Waals surface area (Å²) in [6.45, 7) is 6.55. The van der Waals surface area contributed by atoms with E-state index < -0.39 is 0 Å². The maximum Gasteiger partial charge on any atom is 0.0889 e. The second kappa shape index (κ2) is 4.91. The Labute approximate surface area is 61.5 Å². The molecule has 2 heteroatoms. The van der Waals surface area contributed by atoms with Crippen molar-refractivity contribution in [1.82, 2.24) is 0 Å². The number of unbranched alkanes of at least 4 members (excludes halogenated alkanes) is 1. The van der Waals surface area contributed by atoms with Gasteiger partial charge >= 0.3 is 0 Å². The molecule has 2 nitrogen and oxygen atoms in total. The zero-order valence-electron chi connectivity index (χ0n) is 5.88. The molecule has 0 aliphatic rings. The summed E-state index contributed by atoms with van der Waals surface area (Å²) in [5, 5.41) is 17.1. The van der Waals surface area contributed by atoms with Gasteiger partial charge in [-0.25, -0.2) is 0 Å². The molecule has 0 saturated heterocycles. The molecule has 2 radical (unpaired) electrons. The fraction of sp³-hybridized carbons (Fsp3) is 0.250. The van der Waals surface area contributed by atoms with Crippen LogP contribution >= 0.6 is 0 Å². The van der Waals surface area contributed by atoms with Crippen LogP contribution in [0.1, 0.15) is 12.8 Å². The van der Waals surface area contributed by atoms with Crippen molar-refractivity contribution in [2.24, 2.45) is 0 Å². The Balaban J connectivity index is 3.06. The van der Waals surface area contributed by atoms with Gasteiger partial charge in [0.05, 0.1) is 11.5 Å². The van der Waals surface area contributed by atoms with Crippen molar-refractivity contribution in [3.8, 4) is 0 Å². The first-order valence-corrected chi connectivity index (χ1v) is 3.05. The molecule has 0 bridgehead atoms. The lowest BCUT2D eigenvalue weighted by Crippen LogP contribution is -1.84. The SMILES string of the molecule is C=C(O)[CH]CC[CH]C(=C)O. The maximum absolute atomic E-state index is 8.57. The van der Waals surface area contributed by atoms with E-state index in [4.69, 9.17) is 10.2 Å². The highest BCUT2D eigenvalue weighted by atomic mass is 16.3. The molecular formula is C8H12O2. The molecule has 0 aromatic carbocycles. The summed E-state index contributed by atoms with van der Waals surface area (Å²) in [6.07, 6.45) is 4.52. The summed E-state index contributed by atoms with van der Waals surface area (Å²) in [7, 11) is 0. The summed E-state index contributed by atoms with van der Waals surface area (Å²) >= 11 is 0. The molecule has 56 valence electrons. The van der Waals surface area contributed by atoms with Crippen molar-refractivity contribution in [3.05, 3.63) is 37.5 Å². The van der Waals surface area contributed by atoms with Crippen LogP contribution in [0.3, 0.4) is 0 Å². The van der Waals surface area contributed by atoms with Crippen LogP contribution in [-0.2, 0) is 0 Å². The van der Waals surface area contributed by atoms with E-state index in [0.29, 0.717) is 12.8 Å². The fourth-order valence-corrected chi connectivity index (χ4v) is 0.500. The highest BCUT2D eigenvalue weighted by Crippen LogP contribution is 2.04. The molecule has 0 aromatic rings. The predicted molar refractivity (Wildman–Crippen MR) is 41.4 cm³/mol. The molecule has 0 heterocycles. The van der Waals surface area contributed by atoms with Crippen LogP contribution < -0.4 is 0 Å². The van der Waals surface area contributed by atoms with Gasteiger partial charge in [0.25, 0.3) is 0 Å². The van der Waals surface area contributed by atoms with Gasteiger partial charge in [-0.3, -0.25) is 0 Å². The molecule has 0 aromatic heterocycles. The smallest absolute Gasteiger partial charge is 0.0889 e. The number of rotatable bonds is 5. The lowest BCUT2D eigenvalue weighted by Gasteiger charge is -1.96. The summed E-state index contributed by atoms with van der Waals surface area (Å²) in [5.41, 5.74) is 0. The van der Waals surface area contributed by atoms with Gasteiger partial charge in [0.1, 0.15) is 0 Å². The van der Waals surface area contributed by atoms with Crippen molar-refractivity contribution in [2.45, 2.75) is 12.8 Å². The molecular weight excluding hydrogens is 128 g/mol. The fourth-order valence-electron chi connectivity index (χ4n) is 0.500. The van der Waals surface area contributed by atoms with Gasteiger partial charge < -0.3 is 10.2 Å². The Morgan fingerprint density at radius 2 is 1.30 bits per heavy atom. The highest BCUT2D eigenvalue weighted by Gasteiger charge is 1.93. The number of aliphatic hydroxyl groups excluding tert-OH is 2. The molecule has 0 spiro atoms. The molecule has 0 saturated carbocycles. The number of hydrogen-bond donors (Lipinski definition) is 2. The Morgan fingerprint density at radius 3 is 1.50 bits per heavy atom. The summed E-state index contributed by atoms with van der Waals surface area (Å²) in [5.74, 6) is 0.133. The van der Waals surface area contributed by atoms with Crippen molar-refractivity contribution in [2.75, 3.05) is 0 Å². The molecule has 0 fully saturated rings. The standard InChI is InChI=1S/C8H12O2/c1-7(9)5-3-4-6-8(2)10/h5-6,9-10H,1-4H2. The van der Waals surface area contributed by atoms with Gasteiger partial charge in [0.15, 0.2) is 0 Å². The minimum atomic E-state index is 0.0666. The Morgan fingerprint density at radius 1 is 1.00 bits per heavy atom. The molecule has 10 heavy (non-hydrogen) atoms. The quantitative estimate of drug-likeness (QED) is 0.454. The van der Waals surface area contributed by atoms with Crippen molar-refractivity contribution in [1.29, 1.82) is 0 Å². The number of hydrogen-bond acceptors (Lipinski definition) is 2. The van der Waals surface area contributed by atoms with E-state index in [1.807, 2.05) is 0 Å². The maximum atomic E-state index is 8.57. The third-order valence-corrected chi connectivity index (χ3v) is 0.927. The molecule has 0 rings (SSSR count). The third kappa shape index (κ3) is 7.08. The predicted octanol–water partition coefficient (Wildman–Crippen LogP) is 2.32. The minimum absolute atomic E-state index is 0.0666. The van der Waals surface area contributed by atoms with Crippen LogP contribution in [-0.4, -0.2) is 10.2 Å². The van der Waals surface area contributed by atoms with Crippen LogP contribution in [0.2, 0.25) is 0 Å². The van der Waals surface area contributed by atoms with Gasteiger partial charge in [0, 0.05) is 12.8 Å².